The number of benzene rings is 2. The van der Waals surface area contributed by atoms with Crippen LogP contribution in [0, 0.1) is 17.0 Å². The molecule has 0 aliphatic carbocycles. The molecule has 2 rings (SSSR count). The third kappa shape index (κ3) is 4.63. The largest absolute Gasteiger partial charge is 0.452 e. The summed E-state index contributed by atoms with van der Waals surface area (Å²) in [4.78, 5) is 45.1. The molecule has 0 heterocycles. The number of nitrogens with zero attached hydrogens (tertiary/aromatic N) is 1. The second-order valence-corrected chi connectivity index (χ2v) is 5.34. The lowest BCUT2D eigenvalue weighted by Gasteiger charge is -2.08. The van der Waals surface area contributed by atoms with Gasteiger partial charge < -0.3 is 15.8 Å². The first kappa shape index (κ1) is 18.6. The fourth-order valence-corrected chi connectivity index (χ4v) is 2.07. The number of nitrogens with two attached hydrogens (primary N) is 1. The van der Waals surface area contributed by atoms with Crippen molar-refractivity contribution >= 4 is 29.2 Å². The molecule has 26 heavy (non-hydrogen) atoms. The van der Waals surface area contributed by atoms with Crippen molar-refractivity contribution < 1.29 is 24.0 Å². The van der Waals surface area contributed by atoms with E-state index in [1.807, 2.05) is 0 Å². The Morgan fingerprint density at radius 3 is 2.31 bits per heavy atom. The molecule has 0 unspecified atom stereocenters. The molecular formula is C17H15N3O6. The molecule has 0 atom stereocenters. The molecule has 9 heteroatoms. The number of primary amides is 1. The molecule has 2 amide bonds. The predicted octanol–water partition coefficient (Wildman–Crippen LogP) is 1.80. The van der Waals surface area contributed by atoms with Crippen molar-refractivity contribution in [3.8, 4) is 0 Å². The molecule has 134 valence electrons. The number of hydrogen-bond donors (Lipinski definition) is 2. The number of hydrogen-bond acceptors (Lipinski definition) is 6. The molecule has 0 aliphatic rings. The zero-order valence-corrected chi connectivity index (χ0v) is 13.7. The first-order chi connectivity index (χ1) is 12.3. The van der Waals surface area contributed by atoms with Crippen LogP contribution in [0.25, 0.3) is 0 Å². The summed E-state index contributed by atoms with van der Waals surface area (Å²) in [5.74, 6) is -2.14. The molecule has 0 aliphatic heterocycles. The first-order valence-corrected chi connectivity index (χ1v) is 7.40. The Hall–Kier alpha value is -3.75. The molecule has 2 aromatic rings. The summed E-state index contributed by atoms with van der Waals surface area (Å²) in [6, 6.07) is 9.71. The normalized spacial score (nSPS) is 10.0. The Bertz CT molecular complexity index is 877. The number of nitrogens with one attached hydrogen (secondary N) is 1. The number of amides is 2. The van der Waals surface area contributed by atoms with Gasteiger partial charge in [0.05, 0.1) is 10.5 Å². The molecule has 0 bridgehead atoms. The number of aryl methyl sites for hydroxylation is 1. The molecule has 2 aromatic carbocycles. The summed E-state index contributed by atoms with van der Waals surface area (Å²) in [7, 11) is 0. The van der Waals surface area contributed by atoms with Gasteiger partial charge in [-0.2, -0.15) is 0 Å². The SMILES string of the molecule is Cc1ccc(NC(=O)COC(=O)c2ccc(C(N)=O)cc2)c([N+](=O)[O-])c1. The van der Waals surface area contributed by atoms with Crippen LogP contribution in [0.2, 0.25) is 0 Å². The van der Waals surface area contributed by atoms with Crippen molar-refractivity contribution in [1.82, 2.24) is 0 Å². The van der Waals surface area contributed by atoms with E-state index in [0.717, 1.165) is 0 Å². The minimum atomic E-state index is -0.783. The van der Waals surface area contributed by atoms with Gasteiger partial charge in [-0.1, -0.05) is 6.07 Å². The van der Waals surface area contributed by atoms with Gasteiger partial charge in [-0.15, -0.1) is 0 Å². The topological polar surface area (TPSA) is 142 Å². The summed E-state index contributed by atoms with van der Waals surface area (Å²) >= 11 is 0. The minimum absolute atomic E-state index is 0.00691. The highest BCUT2D eigenvalue weighted by Crippen LogP contribution is 2.25. The molecular weight excluding hydrogens is 342 g/mol. The van der Waals surface area contributed by atoms with E-state index >= 15 is 0 Å². The van der Waals surface area contributed by atoms with Crippen molar-refractivity contribution in [3.63, 3.8) is 0 Å². The van der Waals surface area contributed by atoms with Crippen molar-refractivity contribution in [2.75, 3.05) is 11.9 Å². The van der Waals surface area contributed by atoms with Crippen molar-refractivity contribution in [3.05, 3.63) is 69.3 Å². The predicted molar refractivity (Wildman–Crippen MR) is 91.7 cm³/mol. The second kappa shape index (κ2) is 7.88. The number of anilines is 1. The number of rotatable bonds is 6. The van der Waals surface area contributed by atoms with Crippen LogP contribution in [0.1, 0.15) is 26.3 Å². The van der Waals surface area contributed by atoms with E-state index in [9.17, 15) is 24.5 Å². The first-order valence-electron chi connectivity index (χ1n) is 7.40. The zero-order valence-electron chi connectivity index (χ0n) is 13.7. The number of nitro groups is 1. The number of esters is 1. The second-order valence-electron chi connectivity index (χ2n) is 5.34. The maximum Gasteiger partial charge on any atom is 0.338 e. The lowest BCUT2D eigenvalue weighted by molar-refractivity contribution is -0.384. The molecule has 9 nitrogen and oxygen atoms in total. The van der Waals surface area contributed by atoms with E-state index in [1.54, 1.807) is 13.0 Å². The summed E-state index contributed by atoms with van der Waals surface area (Å²) in [6.45, 7) is 1.06. The zero-order chi connectivity index (χ0) is 19.3. The van der Waals surface area contributed by atoms with Gasteiger partial charge in [0.1, 0.15) is 5.69 Å². The maximum absolute atomic E-state index is 11.9. The van der Waals surface area contributed by atoms with Gasteiger partial charge >= 0.3 is 5.97 Å². The van der Waals surface area contributed by atoms with Crippen LogP contribution >= 0.6 is 0 Å². The molecule has 0 saturated heterocycles. The molecule has 0 spiro atoms. The van der Waals surface area contributed by atoms with E-state index in [-0.39, 0.29) is 22.5 Å². The highest BCUT2D eigenvalue weighted by atomic mass is 16.6. The quantitative estimate of drug-likeness (QED) is 0.458. The highest BCUT2D eigenvalue weighted by Gasteiger charge is 2.17. The fourth-order valence-electron chi connectivity index (χ4n) is 2.07. The third-order valence-electron chi connectivity index (χ3n) is 3.36. The van der Waals surface area contributed by atoms with E-state index in [4.69, 9.17) is 10.5 Å². The van der Waals surface area contributed by atoms with Gasteiger partial charge in [0.25, 0.3) is 11.6 Å². The Morgan fingerprint density at radius 1 is 1.12 bits per heavy atom. The third-order valence-corrected chi connectivity index (χ3v) is 3.36. The van der Waals surface area contributed by atoms with Gasteiger partial charge in [0.15, 0.2) is 6.61 Å². The number of carbonyl (C=O) groups is 3. The average molecular weight is 357 g/mol. The monoisotopic (exact) mass is 357 g/mol. The van der Waals surface area contributed by atoms with Crippen LogP contribution in [0.3, 0.4) is 0 Å². The van der Waals surface area contributed by atoms with Gasteiger partial charge in [-0.05, 0) is 42.8 Å². The van der Waals surface area contributed by atoms with Crippen LogP contribution in [-0.4, -0.2) is 29.3 Å². The molecule has 0 radical (unpaired) electrons. The van der Waals surface area contributed by atoms with Gasteiger partial charge in [-0.3, -0.25) is 19.7 Å². The van der Waals surface area contributed by atoms with Crippen LogP contribution in [-0.2, 0) is 9.53 Å². The molecule has 0 aromatic heterocycles. The molecule has 3 N–H and O–H groups in total. The number of carbonyl (C=O) groups excluding carboxylic acids is 3. The van der Waals surface area contributed by atoms with E-state index in [0.29, 0.717) is 5.56 Å². The van der Waals surface area contributed by atoms with Crippen molar-refractivity contribution in [2.24, 2.45) is 5.73 Å². The Labute approximate surface area is 147 Å². The van der Waals surface area contributed by atoms with Gasteiger partial charge in [0, 0.05) is 11.6 Å². The molecule has 0 fully saturated rings. The van der Waals surface area contributed by atoms with Gasteiger partial charge in [-0.25, -0.2) is 4.79 Å². The summed E-state index contributed by atoms with van der Waals surface area (Å²) in [5.41, 5.74) is 5.87. The lowest BCUT2D eigenvalue weighted by atomic mass is 10.1. The maximum atomic E-state index is 11.9. The van der Waals surface area contributed by atoms with Crippen LogP contribution in [0.15, 0.2) is 42.5 Å². The minimum Gasteiger partial charge on any atom is -0.452 e. The Balaban J connectivity index is 1.97. The van der Waals surface area contributed by atoms with Crippen LogP contribution in [0.4, 0.5) is 11.4 Å². The van der Waals surface area contributed by atoms with Crippen LogP contribution in [0.5, 0.6) is 0 Å². The van der Waals surface area contributed by atoms with Crippen molar-refractivity contribution in [1.29, 1.82) is 0 Å². The standard InChI is InChI=1S/C17H15N3O6/c1-10-2-7-13(14(8-10)20(24)25)19-15(21)9-26-17(23)12-5-3-11(4-6-12)16(18)22/h2-8H,9H2,1H3,(H2,18,22)(H,19,21). The van der Waals surface area contributed by atoms with Crippen molar-refractivity contribution in [2.45, 2.75) is 6.92 Å². The fraction of sp³-hybridized carbons (Fsp3) is 0.118. The summed E-state index contributed by atoms with van der Waals surface area (Å²) in [6.07, 6.45) is 0. The smallest absolute Gasteiger partial charge is 0.338 e. The summed E-state index contributed by atoms with van der Waals surface area (Å²) in [5, 5.41) is 13.3. The number of ether oxygens (including phenoxy) is 1. The van der Waals surface area contributed by atoms with Crippen LogP contribution < -0.4 is 11.1 Å². The Kier molecular flexibility index (Phi) is 5.63. The highest BCUT2D eigenvalue weighted by molar-refractivity contribution is 5.98. The van der Waals surface area contributed by atoms with Gasteiger partial charge in [0.2, 0.25) is 5.91 Å². The van der Waals surface area contributed by atoms with E-state index in [2.05, 4.69) is 5.32 Å². The van der Waals surface area contributed by atoms with E-state index < -0.39 is 29.3 Å². The molecule has 0 saturated carbocycles. The lowest BCUT2D eigenvalue weighted by Crippen LogP contribution is -2.21. The Morgan fingerprint density at radius 2 is 1.73 bits per heavy atom. The van der Waals surface area contributed by atoms with E-state index in [1.165, 1.54) is 36.4 Å². The number of nitro benzene ring substituents is 1. The summed E-state index contributed by atoms with van der Waals surface area (Å²) < 4.78 is 4.85. The average Bonchev–Trinajstić information content (AvgIpc) is 2.61.